The fraction of sp³-hybridized carbons (Fsp3) is 0.632. The number of nitrogens with zero attached hydrogens (tertiary/aromatic N) is 1. The smallest absolute Gasteiger partial charge is 0.191 e. The molecule has 0 saturated carbocycles. The summed E-state index contributed by atoms with van der Waals surface area (Å²) in [5, 5.41) is 6.63. The van der Waals surface area contributed by atoms with Crippen molar-refractivity contribution in [2.45, 2.75) is 45.1 Å². The number of hydrogen-bond donors (Lipinski definition) is 2. The maximum absolute atomic E-state index is 5.92. The normalized spacial score (nSPS) is 20.3. The maximum Gasteiger partial charge on any atom is 0.191 e. The van der Waals surface area contributed by atoms with Gasteiger partial charge < -0.3 is 20.1 Å². The molecule has 1 atom stereocenters. The van der Waals surface area contributed by atoms with Crippen LogP contribution in [0.15, 0.2) is 29.3 Å². The Morgan fingerprint density at radius 2 is 2.08 bits per heavy atom. The monoisotopic (exact) mass is 461 g/mol. The first-order valence-electron chi connectivity index (χ1n) is 8.84. The molecular weight excluding hydrogens is 429 g/mol. The molecule has 1 fully saturated rings. The van der Waals surface area contributed by atoms with Crippen molar-refractivity contribution in [1.82, 2.24) is 10.6 Å². The summed E-state index contributed by atoms with van der Waals surface area (Å²) >= 11 is 0. The highest BCUT2D eigenvalue weighted by Crippen LogP contribution is 2.25. The lowest BCUT2D eigenvalue weighted by Gasteiger charge is -2.24. The van der Waals surface area contributed by atoms with Crippen molar-refractivity contribution in [3.63, 3.8) is 0 Å². The molecular formula is C19H32IN3O2. The van der Waals surface area contributed by atoms with Gasteiger partial charge in [-0.2, -0.15) is 0 Å². The van der Waals surface area contributed by atoms with E-state index in [1.54, 1.807) is 7.05 Å². The minimum Gasteiger partial charge on any atom is -0.491 e. The molecule has 0 radical (unpaired) electrons. The Morgan fingerprint density at radius 3 is 2.72 bits per heavy atom. The lowest BCUT2D eigenvalue weighted by Crippen LogP contribution is -2.46. The zero-order valence-corrected chi connectivity index (χ0v) is 18.1. The predicted octanol–water partition coefficient (Wildman–Crippen LogP) is 3.54. The Labute approximate surface area is 169 Å². The molecule has 0 spiro atoms. The minimum absolute atomic E-state index is 0. The summed E-state index contributed by atoms with van der Waals surface area (Å²) in [6.07, 6.45) is 2.22. The molecule has 1 saturated heterocycles. The molecule has 6 heteroatoms. The van der Waals surface area contributed by atoms with Crippen molar-refractivity contribution in [3.05, 3.63) is 29.8 Å². The Bertz CT molecular complexity index is 543. The Hall–Kier alpha value is -1.02. The van der Waals surface area contributed by atoms with Crippen molar-refractivity contribution < 1.29 is 9.47 Å². The van der Waals surface area contributed by atoms with E-state index in [0.29, 0.717) is 19.1 Å². The van der Waals surface area contributed by atoms with E-state index in [9.17, 15) is 0 Å². The SMILES string of the molecule is CN=C(NCCOc1ccccc1C(C)C)NCC1(C)CCCO1.I. The van der Waals surface area contributed by atoms with E-state index in [-0.39, 0.29) is 29.6 Å². The number of rotatable bonds is 7. The maximum atomic E-state index is 5.92. The Balaban J connectivity index is 0.00000312. The van der Waals surface area contributed by atoms with Crippen LogP contribution in [-0.2, 0) is 4.74 Å². The van der Waals surface area contributed by atoms with E-state index < -0.39 is 0 Å². The van der Waals surface area contributed by atoms with Crippen LogP contribution < -0.4 is 15.4 Å². The first-order chi connectivity index (χ1) is 11.5. The lowest BCUT2D eigenvalue weighted by atomic mass is 10.0. The van der Waals surface area contributed by atoms with E-state index in [4.69, 9.17) is 9.47 Å². The fourth-order valence-electron chi connectivity index (χ4n) is 2.89. The van der Waals surface area contributed by atoms with Crippen molar-refractivity contribution in [3.8, 4) is 5.75 Å². The highest BCUT2D eigenvalue weighted by Gasteiger charge is 2.29. The van der Waals surface area contributed by atoms with Gasteiger partial charge in [0, 0.05) is 20.2 Å². The highest BCUT2D eigenvalue weighted by atomic mass is 127. The number of aliphatic imine (C=N–C) groups is 1. The number of para-hydroxylation sites is 1. The van der Waals surface area contributed by atoms with Gasteiger partial charge in [-0.3, -0.25) is 4.99 Å². The van der Waals surface area contributed by atoms with Crippen molar-refractivity contribution >= 4 is 29.9 Å². The molecule has 2 N–H and O–H groups in total. The number of guanidine groups is 1. The van der Waals surface area contributed by atoms with Gasteiger partial charge in [0.2, 0.25) is 0 Å². The molecule has 1 aromatic carbocycles. The summed E-state index contributed by atoms with van der Waals surface area (Å²) in [6, 6.07) is 8.21. The predicted molar refractivity (Wildman–Crippen MR) is 114 cm³/mol. The van der Waals surface area contributed by atoms with Crippen molar-refractivity contribution in [2.24, 2.45) is 4.99 Å². The van der Waals surface area contributed by atoms with Gasteiger partial charge in [-0.15, -0.1) is 24.0 Å². The van der Waals surface area contributed by atoms with E-state index in [0.717, 1.165) is 37.7 Å². The number of nitrogens with one attached hydrogen (secondary N) is 2. The number of benzene rings is 1. The van der Waals surface area contributed by atoms with Crippen LogP contribution >= 0.6 is 24.0 Å². The summed E-state index contributed by atoms with van der Waals surface area (Å²) < 4.78 is 11.7. The summed E-state index contributed by atoms with van der Waals surface area (Å²) in [5.74, 6) is 2.20. The van der Waals surface area contributed by atoms with Crippen LogP contribution in [0.25, 0.3) is 0 Å². The van der Waals surface area contributed by atoms with Gasteiger partial charge in [0.1, 0.15) is 12.4 Å². The lowest BCUT2D eigenvalue weighted by molar-refractivity contribution is 0.0243. The van der Waals surface area contributed by atoms with Crippen LogP contribution in [0.1, 0.15) is 45.1 Å². The van der Waals surface area contributed by atoms with Crippen LogP contribution in [0.5, 0.6) is 5.75 Å². The molecule has 1 aromatic rings. The second kappa shape index (κ2) is 10.9. The molecule has 0 bridgehead atoms. The van der Waals surface area contributed by atoms with Crippen LogP contribution in [0.3, 0.4) is 0 Å². The average Bonchev–Trinajstić information content (AvgIpc) is 3.01. The van der Waals surface area contributed by atoms with Crippen LogP contribution in [0, 0.1) is 0 Å². The summed E-state index contributed by atoms with van der Waals surface area (Å²) in [5.41, 5.74) is 1.16. The molecule has 0 aliphatic carbocycles. The fourth-order valence-corrected chi connectivity index (χ4v) is 2.89. The van der Waals surface area contributed by atoms with E-state index in [1.807, 2.05) is 12.1 Å². The summed E-state index contributed by atoms with van der Waals surface area (Å²) in [4.78, 5) is 4.25. The van der Waals surface area contributed by atoms with Gasteiger partial charge >= 0.3 is 0 Å². The second-order valence-electron chi connectivity index (χ2n) is 6.80. The van der Waals surface area contributed by atoms with Gasteiger partial charge in [-0.25, -0.2) is 0 Å². The highest BCUT2D eigenvalue weighted by molar-refractivity contribution is 14.0. The molecule has 1 unspecified atom stereocenters. The van der Waals surface area contributed by atoms with Crippen LogP contribution in [0.2, 0.25) is 0 Å². The largest absolute Gasteiger partial charge is 0.491 e. The zero-order valence-electron chi connectivity index (χ0n) is 15.8. The molecule has 0 amide bonds. The molecule has 142 valence electrons. The van der Waals surface area contributed by atoms with Gasteiger partial charge in [-0.1, -0.05) is 32.0 Å². The molecule has 1 aliphatic rings. The minimum atomic E-state index is -0.0790. The third kappa shape index (κ3) is 7.01. The number of ether oxygens (including phenoxy) is 2. The topological polar surface area (TPSA) is 54.9 Å². The van der Waals surface area contributed by atoms with Crippen LogP contribution in [-0.4, -0.2) is 44.9 Å². The third-order valence-electron chi connectivity index (χ3n) is 4.35. The molecule has 0 aromatic heterocycles. The van der Waals surface area contributed by atoms with Crippen molar-refractivity contribution in [2.75, 3.05) is 33.4 Å². The van der Waals surface area contributed by atoms with Gasteiger partial charge in [-0.05, 0) is 37.3 Å². The molecule has 2 rings (SSSR count). The number of hydrogen-bond acceptors (Lipinski definition) is 3. The second-order valence-corrected chi connectivity index (χ2v) is 6.80. The van der Waals surface area contributed by atoms with Crippen molar-refractivity contribution in [1.29, 1.82) is 0 Å². The van der Waals surface area contributed by atoms with Crippen LogP contribution in [0.4, 0.5) is 0 Å². The Kier molecular flexibility index (Phi) is 9.56. The van der Waals surface area contributed by atoms with Gasteiger partial charge in [0.15, 0.2) is 5.96 Å². The number of halogens is 1. The molecule has 1 aliphatic heterocycles. The first kappa shape index (κ1) is 22.0. The summed E-state index contributed by atoms with van der Waals surface area (Å²) in [7, 11) is 1.78. The third-order valence-corrected chi connectivity index (χ3v) is 4.35. The zero-order chi connectivity index (χ0) is 17.4. The quantitative estimate of drug-likeness (QED) is 0.282. The first-order valence-corrected chi connectivity index (χ1v) is 8.84. The standard InChI is InChI=1S/C19H31N3O2.HI/c1-15(2)16-8-5-6-9-17(16)23-13-11-21-18(20-4)22-14-19(3)10-7-12-24-19;/h5-6,8-9,15H,7,10-14H2,1-4H3,(H2,20,21,22);1H. The molecule has 25 heavy (non-hydrogen) atoms. The Morgan fingerprint density at radius 1 is 1.32 bits per heavy atom. The van der Waals surface area contributed by atoms with E-state index >= 15 is 0 Å². The van der Waals surface area contributed by atoms with E-state index in [1.165, 1.54) is 5.56 Å². The molecule has 1 heterocycles. The van der Waals surface area contributed by atoms with Gasteiger partial charge in [0.25, 0.3) is 0 Å². The van der Waals surface area contributed by atoms with E-state index in [2.05, 4.69) is 48.5 Å². The average molecular weight is 461 g/mol. The summed E-state index contributed by atoms with van der Waals surface area (Å²) in [6.45, 7) is 9.42. The van der Waals surface area contributed by atoms with Gasteiger partial charge in [0.05, 0.1) is 12.1 Å². The molecule has 5 nitrogen and oxygen atoms in total.